The van der Waals surface area contributed by atoms with Crippen molar-refractivity contribution in [1.82, 2.24) is 0 Å². The summed E-state index contributed by atoms with van der Waals surface area (Å²) in [4.78, 5) is 0. The first kappa shape index (κ1) is 15.5. The molecular formula is C12H27ClOSi. The smallest absolute Gasteiger partial charge is 0.192 e. The molecule has 0 N–H and O–H groups in total. The topological polar surface area (TPSA) is 9.23 Å². The van der Waals surface area contributed by atoms with Gasteiger partial charge in [0.05, 0.1) is 11.0 Å². The standard InChI is InChI=1S/C12H27ClOSi/c1-9-12(6,10(2)13)14-15(7,8)11(3,4)5/h10H,9H2,1-8H3. The normalized spacial score (nSPS) is 19.8. The summed E-state index contributed by atoms with van der Waals surface area (Å²) in [5, 5.41) is 0.298. The Kier molecular flexibility index (Phi) is 4.91. The van der Waals surface area contributed by atoms with Crippen molar-refractivity contribution in [3.8, 4) is 0 Å². The molecule has 0 aromatic rings. The number of alkyl halides is 1. The van der Waals surface area contributed by atoms with E-state index in [0.29, 0.717) is 0 Å². The van der Waals surface area contributed by atoms with E-state index < -0.39 is 8.32 Å². The Labute approximate surface area is 102 Å². The van der Waals surface area contributed by atoms with Crippen molar-refractivity contribution in [2.75, 3.05) is 0 Å². The zero-order valence-corrected chi connectivity index (χ0v) is 13.3. The summed E-state index contributed by atoms with van der Waals surface area (Å²) >= 11 is 6.24. The van der Waals surface area contributed by atoms with E-state index in [1.165, 1.54) is 0 Å². The Morgan fingerprint density at radius 3 is 1.80 bits per heavy atom. The lowest BCUT2D eigenvalue weighted by Gasteiger charge is -2.45. The molecule has 92 valence electrons. The van der Waals surface area contributed by atoms with E-state index in [4.69, 9.17) is 16.0 Å². The third-order valence-electron chi connectivity index (χ3n) is 3.84. The van der Waals surface area contributed by atoms with Crippen molar-refractivity contribution in [1.29, 1.82) is 0 Å². The van der Waals surface area contributed by atoms with Gasteiger partial charge in [-0.1, -0.05) is 27.7 Å². The van der Waals surface area contributed by atoms with Crippen LogP contribution in [0.2, 0.25) is 18.1 Å². The van der Waals surface area contributed by atoms with Crippen molar-refractivity contribution in [3.05, 3.63) is 0 Å². The minimum atomic E-state index is -1.71. The van der Waals surface area contributed by atoms with Gasteiger partial charge in [-0.05, 0) is 38.4 Å². The molecule has 0 amide bonds. The van der Waals surface area contributed by atoms with E-state index in [2.05, 4.69) is 47.7 Å². The largest absolute Gasteiger partial charge is 0.410 e. The molecule has 15 heavy (non-hydrogen) atoms. The Balaban J connectivity index is 4.84. The van der Waals surface area contributed by atoms with Crippen molar-refractivity contribution >= 4 is 19.9 Å². The molecule has 1 nitrogen and oxygen atoms in total. The maximum atomic E-state index is 6.41. The minimum Gasteiger partial charge on any atom is -0.410 e. The third kappa shape index (κ3) is 3.76. The van der Waals surface area contributed by atoms with Crippen LogP contribution in [0.5, 0.6) is 0 Å². The van der Waals surface area contributed by atoms with Gasteiger partial charge in [0.2, 0.25) is 0 Å². The van der Waals surface area contributed by atoms with Crippen LogP contribution in [0, 0.1) is 0 Å². The number of rotatable bonds is 4. The summed E-state index contributed by atoms with van der Waals surface area (Å²) in [6.07, 6.45) is 0.962. The van der Waals surface area contributed by atoms with Gasteiger partial charge in [-0.3, -0.25) is 0 Å². The first-order valence-electron chi connectivity index (χ1n) is 5.80. The van der Waals surface area contributed by atoms with Crippen LogP contribution in [0.1, 0.15) is 48.0 Å². The molecule has 0 saturated carbocycles. The maximum absolute atomic E-state index is 6.41. The fraction of sp³-hybridized carbons (Fsp3) is 1.00. The number of hydrogen-bond acceptors (Lipinski definition) is 1. The number of hydrogen-bond donors (Lipinski definition) is 0. The zero-order valence-electron chi connectivity index (χ0n) is 11.6. The van der Waals surface area contributed by atoms with Crippen LogP contribution < -0.4 is 0 Å². The highest BCUT2D eigenvalue weighted by Crippen LogP contribution is 2.41. The number of halogens is 1. The maximum Gasteiger partial charge on any atom is 0.192 e. The van der Waals surface area contributed by atoms with Crippen LogP contribution >= 0.6 is 11.6 Å². The molecule has 0 bridgehead atoms. The Morgan fingerprint density at radius 1 is 1.20 bits per heavy atom. The lowest BCUT2D eigenvalue weighted by molar-refractivity contribution is 0.0676. The monoisotopic (exact) mass is 250 g/mol. The van der Waals surface area contributed by atoms with Crippen LogP contribution in [-0.2, 0) is 4.43 Å². The second-order valence-corrected chi connectivity index (χ2v) is 11.5. The molecule has 0 saturated heterocycles. The summed E-state index contributed by atoms with van der Waals surface area (Å²) in [7, 11) is -1.71. The molecular weight excluding hydrogens is 224 g/mol. The summed E-state index contributed by atoms with van der Waals surface area (Å²) in [6.45, 7) is 17.6. The van der Waals surface area contributed by atoms with Gasteiger partial charge < -0.3 is 4.43 Å². The molecule has 0 aromatic carbocycles. The molecule has 0 fully saturated rings. The predicted octanol–water partition coefficient (Wildman–Crippen LogP) is 4.80. The molecule has 2 atom stereocenters. The van der Waals surface area contributed by atoms with Gasteiger partial charge in [0.25, 0.3) is 0 Å². The molecule has 0 aliphatic heterocycles. The van der Waals surface area contributed by atoms with Crippen molar-refractivity contribution in [3.63, 3.8) is 0 Å². The fourth-order valence-electron chi connectivity index (χ4n) is 1.17. The van der Waals surface area contributed by atoms with E-state index in [-0.39, 0.29) is 16.0 Å². The Bertz CT molecular complexity index is 205. The van der Waals surface area contributed by atoms with E-state index >= 15 is 0 Å². The minimum absolute atomic E-state index is 0.0524. The molecule has 0 aliphatic carbocycles. The molecule has 0 spiro atoms. The molecule has 0 radical (unpaired) electrons. The highest BCUT2D eigenvalue weighted by molar-refractivity contribution is 6.74. The highest BCUT2D eigenvalue weighted by Gasteiger charge is 2.43. The van der Waals surface area contributed by atoms with Gasteiger partial charge in [-0.25, -0.2) is 0 Å². The molecule has 0 aliphatic rings. The van der Waals surface area contributed by atoms with Gasteiger partial charge in [0.15, 0.2) is 8.32 Å². The van der Waals surface area contributed by atoms with Crippen LogP contribution in [0.15, 0.2) is 0 Å². The SMILES string of the molecule is CCC(C)(O[Si](C)(C)C(C)(C)C)C(C)Cl. The molecule has 0 aromatic heterocycles. The second kappa shape index (κ2) is 4.76. The predicted molar refractivity (Wildman–Crippen MR) is 72.3 cm³/mol. The first-order chi connectivity index (χ1) is 6.46. The van der Waals surface area contributed by atoms with E-state index in [0.717, 1.165) is 6.42 Å². The molecule has 0 heterocycles. The van der Waals surface area contributed by atoms with Crippen molar-refractivity contribution in [2.24, 2.45) is 0 Å². The summed E-state index contributed by atoms with van der Waals surface area (Å²) in [5.74, 6) is 0. The van der Waals surface area contributed by atoms with Gasteiger partial charge >= 0.3 is 0 Å². The summed E-state index contributed by atoms with van der Waals surface area (Å²) in [5.41, 5.74) is -0.190. The van der Waals surface area contributed by atoms with E-state index in [9.17, 15) is 0 Å². The van der Waals surface area contributed by atoms with Gasteiger partial charge in [0.1, 0.15) is 0 Å². The summed E-state index contributed by atoms with van der Waals surface area (Å²) < 4.78 is 6.41. The second-order valence-electron chi connectivity index (χ2n) is 6.14. The Hall–Kier alpha value is 0.467. The molecule has 0 rings (SSSR count). The van der Waals surface area contributed by atoms with E-state index in [1.807, 2.05) is 6.92 Å². The van der Waals surface area contributed by atoms with Gasteiger partial charge in [0, 0.05) is 0 Å². The van der Waals surface area contributed by atoms with Gasteiger partial charge in [-0.15, -0.1) is 11.6 Å². The lowest BCUT2D eigenvalue weighted by Crippen LogP contribution is -2.51. The van der Waals surface area contributed by atoms with Crippen molar-refractivity contribution < 1.29 is 4.43 Å². The van der Waals surface area contributed by atoms with Crippen molar-refractivity contribution in [2.45, 2.75) is 77.1 Å². The Morgan fingerprint density at radius 2 is 1.60 bits per heavy atom. The lowest BCUT2D eigenvalue weighted by atomic mass is 10.0. The van der Waals surface area contributed by atoms with E-state index in [1.54, 1.807) is 0 Å². The fourth-order valence-corrected chi connectivity index (χ4v) is 3.24. The quantitative estimate of drug-likeness (QED) is 0.514. The van der Waals surface area contributed by atoms with Crippen LogP contribution in [-0.4, -0.2) is 19.3 Å². The molecule has 2 unspecified atom stereocenters. The van der Waals surface area contributed by atoms with Crippen LogP contribution in [0.3, 0.4) is 0 Å². The highest BCUT2D eigenvalue weighted by atomic mass is 35.5. The molecule has 3 heteroatoms. The average Bonchev–Trinajstić information content (AvgIpc) is 2.00. The summed E-state index contributed by atoms with van der Waals surface area (Å²) in [6, 6.07) is 0. The third-order valence-corrected chi connectivity index (χ3v) is 8.89. The van der Waals surface area contributed by atoms with Crippen LogP contribution in [0.4, 0.5) is 0 Å². The van der Waals surface area contributed by atoms with Gasteiger partial charge in [-0.2, -0.15) is 0 Å². The zero-order chi connectivity index (χ0) is 12.5. The van der Waals surface area contributed by atoms with Crippen LogP contribution in [0.25, 0.3) is 0 Å². The average molecular weight is 251 g/mol. The first-order valence-corrected chi connectivity index (χ1v) is 9.15.